The minimum Gasteiger partial charge on any atom is -0.504 e. The summed E-state index contributed by atoms with van der Waals surface area (Å²) in [5.41, 5.74) is 3.79. The molecule has 1 amide bonds. The lowest BCUT2D eigenvalue weighted by Gasteiger charge is -2.05. The number of methoxy groups -OCH3 is 1. The van der Waals surface area contributed by atoms with Crippen LogP contribution in [-0.2, 0) is 0 Å². The molecule has 0 unspecified atom stereocenters. The molecule has 0 heterocycles. The van der Waals surface area contributed by atoms with E-state index in [0.29, 0.717) is 5.56 Å². The fourth-order valence-corrected chi connectivity index (χ4v) is 1.74. The van der Waals surface area contributed by atoms with Gasteiger partial charge in [-0.3, -0.25) is 4.79 Å². The van der Waals surface area contributed by atoms with Crippen LogP contribution in [0, 0.1) is 0 Å². The topological polar surface area (TPSA) is 70.9 Å². The van der Waals surface area contributed by atoms with E-state index in [1.807, 2.05) is 36.4 Å². The highest BCUT2D eigenvalue weighted by atomic mass is 16.5. The molecule has 0 spiro atoms. The molecule has 0 fully saturated rings. The Hall–Kier alpha value is -3.08. The quantitative estimate of drug-likeness (QED) is 0.658. The number of phenols is 1. The first kappa shape index (κ1) is 15.3. The van der Waals surface area contributed by atoms with Gasteiger partial charge in [0.25, 0.3) is 5.91 Å². The van der Waals surface area contributed by atoms with E-state index in [-0.39, 0.29) is 17.4 Å². The van der Waals surface area contributed by atoms with Crippen molar-refractivity contribution in [1.29, 1.82) is 0 Å². The summed E-state index contributed by atoms with van der Waals surface area (Å²) in [4.78, 5) is 11.9. The van der Waals surface area contributed by atoms with Crippen LogP contribution in [0.2, 0.25) is 0 Å². The van der Waals surface area contributed by atoms with Crippen molar-refractivity contribution in [3.8, 4) is 11.5 Å². The molecule has 0 saturated carbocycles. The highest BCUT2D eigenvalue weighted by molar-refractivity contribution is 5.95. The molecule has 2 aromatic rings. The van der Waals surface area contributed by atoms with Gasteiger partial charge in [0.15, 0.2) is 11.5 Å². The number of phenolic OH excluding ortho intramolecular Hbond substituents is 1. The first-order valence-electron chi connectivity index (χ1n) is 6.63. The highest BCUT2D eigenvalue weighted by Crippen LogP contribution is 2.26. The number of benzene rings is 2. The Morgan fingerprint density at radius 1 is 1.23 bits per heavy atom. The van der Waals surface area contributed by atoms with E-state index in [4.69, 9.17) is 4.74 Å². The normalized spacial score (nSPS) is 11.0. The number of ether oxygens (including phenoxy) is 1. The molecule has 0 bridgehead atoms. The van der Waals surface area contributed by atoms with Crippen LogP contribution in [0.15, 0.2) is 59.7 Å². The summed E-state index contributed by atoms with van der Waals surface area (Å²) >= 11 is 0. The number of hydrogen-bond donors (Lipinski definition) is 2. The number of amides is 1. The molecule has 0 aromatic heterocycles. The third-order valence-corrected chi connectivity index (χ3v) is 2.86. The van der Waals surface area contributed by atoms with Crippen molar-refractivity contribution in [3.05, 3.63) is 65.7 Å². The molecule has 0 atom stereocenters. The second-order valence-electron chi connectivity index (χ2n) is 4.38. The number of aromatic hydroxyl groups is 1. The van der Waals surface area contributed by atoms with Gasteiger partial charge in [-0.15, -0.1) is 0 Å². The Kier molecular flexibility index (Phi) is 5.31. The molecule has 2 rings (SSSR count). The zero-order valence-corrected chi connectivity index (χ0v) is 12.1. The van der Waals surface area contributed by atoms with Gasteiger partial charge in [-0.1, -0.05) is 36.4 Å². The van der Waals surface area contributed by atoms with Crippen LogP contribution in [-0.4, -0.2) is 24.3 Å². The third-order valence-electron chi connectivity index (χ3n) is 2.86. The van der Waals surface area contributed by atoms with Gasteiger partial charge in [0.1, 0.15) is 0 Å². The van der Waals surface area contributed by atoms with E-state index in [1.165, 1.54) is 31.5 Å². The van der Waals surface area contributed by atoms with E-state index in [9.17, 15) is 9.90 Å². The molecule has 5 nitrogen and oxygen atoms in total. The summed E-state index contributed by atoms with van der Waals surface area (Å²) in [6, 6.07) is 14.1. The third kappa shape index (κ3) is 4.21. The highest BCUT2D eigenvalue weighted by Gasteiger charge is 2.08. The Morgan fingerprint density at radius 2 is 2.00 bits per heavy atom. The summed E-state index contributed by atoms with van der Waals surface area (Å²) in [6.45, 7) is 0. The van der Waals surface area contributed by atoms with E-state index in [2.05, 4.69) is 10.5 Å². The largest absolute Gasteiger partial charge is 0.504 e. The van der Waals surface area contributed by atoms with Gasteiger partial charge in [-0.05, 0) is 29.8 Å². The Balaban J connectivity index is 1.92. The summed E-state index contributed by atoms with van der Waals surface area (Å²) in [5.74, 6) is -0.170. The summed E-state index contributed by atoms with van der Waals surface area (Å²) in [7, 11) is 1.42. The molecule has 5 heteroatoms. The lowest BCUT2D eigenvalue weighted by molar-refractivity contribution is 0.0955. The molecular weight excluding hydrogens is 280 g/mol. The Bertz CT molecular complexity index is 694. The lowest BCUT2D eigenvalue weighted by Crippen LogP contribution is -2.17. The molecule has 0 aliphatic rings. The molecule has 0 aliphatic heterocycles. The minimum absolute atomic E-state index is 0.0201. The van der Waals surface area contributed by atoms with Crippen LogP contribution in [0.4, 0.5) is 0 Å². The minimum atomic E-state index is -0.386. The lowest BCUT2D eigenvalue weighted by atomic mass is 10.2. The van der Waals surface area contributed by atoms with Crippen LogP contribution in [0.5, 0.6) is 11.5 Å². The molecule has 2 N–H and O–H groups in total. The number of carbonyl (C=O) groups excluding carboxylic acids is 1. The van der Waals surface area contributed by atoms with Crippen LogP contribution in [0.25, 0.3) is 6.08 Å². The van der Waals surface area contributed by atoms with Crippen molar-refractivity contribution in [1.82, 2.24) is 5.43 Å². The smallest absolute Gasteiger partial charge is 0.271 e. The van der Waals surface area contributed by atoms with Crippen molar-refractivity contribution >= 4 is 18.2 Å². The van der Waals surface area contributed by atoms with Gasteiger partial charge < -0.3 is 9.84 Å². The average Bonchev–Trinajstić information content (AvgIpc) is 2.55. The van der Waals surface area contributed by atoms with Crippen LogP contribution >= 0.6 is 0 Å². The van der Waals surface area contributed by atoms with E-state index < -0.39 is 0 Å². The molecule has 0 radical (unpaired) electrons. The molecule has 0 aliphatic carbocycles. The van der Waals surface area contributed by atoms with E-state index in [1.54, 1.807) is 6.08 Å². The molecule has 22 heavy (non-hydrogen) atoms. The predicted octanol–water partition coefficient (Wildman–Crippen LogP) is 2.83. The number of carbonyl (C=O) groups is 1. The maximum atomic E-state index is 11.9. The fraction of sp³-hybridized carbons (Fsp3) is 0.0588. The maximum absolute atomic E-state index is 11.9. The molecular formula is C17H16N2O3. The van der Waals surface area contributed by atoms with Crippen LogP contribution in [0.1, 0.15) is 15.9 Å². The van der Waals surface area contributed by atoms with Crippen molar-refractivity contribution in [3.63, 3.8) is 0 Å². The standard InChI is InChI=1S/C17H16N2O3/c1-22-16-12-14(9-10-15(16)20)17(21)19-18-11-5-8-13-6-3-2-4-7-13/h2-12,20H,1H3,(H,19,21)/b8-5+,18-11+. The van der Waals surface area contributed by atoms with Gasteiger partial charge in [0.2, 0.25) is 0 Å². The second kappa shape index (κ2) is 7.64. The first-order chi connectivity index (χ1) is 10.7. The summed E-state index contributed by atoms with van der Waals surface area (Å²) in [6.07, 6.45) is 5.09. The van der Waals surface area contributed by atoms with E-state index in [0.717, 1.165) is 5.56 Å². The van der Waals surface area contributed by atoms with E-state index >= 15 is 0 Å². The van der Waals surface area contributed by atoms with Gasteiger partial charge >= 0.3 is 0 Å². The van der Waals surface area contributed by atoms with Crippen LogP contribution in [0.3, 0.4) is 0 Å². The Labute approximate surface area is 128 Å². The van der Waals surface area contributed by atoms with Crippen molar-refractivity contribution in [2.75, 3.05) is 7.11 Å². The molecule has 2 aromatic carbocycles. The second-order valence-corrected chi connectivity index (χ2v) is 4.38. The Morgan fingerprint density at radius 3 is 2.73 bits per heavy atom. The number of hydrogen-bond acceptors (Lipinski definition) is 4. The molecule has 112 valence electrons. The van der Waals surface area contributed by atoms with Gasteiger partial charge in [-0.25, -0.2) is 5.43 Å². The van der Waals surface area contributed by atoms with Crippen LogP contribution < -0.4 is 10.2 Å². The fourth-order valence-electron chi connectivity index (χ4n) is 1.74. The number of nitrogens with zero attached hydrogens (tertiary/aromatic N) is 1. The summed E-state index contributed by atoms with van der Waals surface area (Å²) in [5, 5.41) is 13.3. The molecule has 0 saturated heterocycles. The number of hydrazone groups is 1. The zero-order valence-electron chi connectivity index (χ0n) is 12.1. The van der Waals surface area contributed by atoms with Gasteiger partial charge in [0.05, 0.1) is 7.11 Å². The number of allylic oxidation sites excluding steroid dienone is 1. The summed E-state index contributed by atoms with van der Waals surface area (Å²) < 4.78 is 4.95. The predicted molar refractivity (Wildman–Crippen MR) is 86.1 cm³/mol. The number of rotatable bonds is 5. The van der Waals surface area contributed by atoms with Gasteiger partial charge in [0, 0.05) is 11.8 Å². The average molecular weight is 296 g/mol. The zero-order chi connectivity index (χ0) is 15.8. The number of nitrogens with one attached hydrogen (secondary N) is 1. The van der Waals surface area contributed by atoms with Gasteiger partial charge in [-0.2, -0.15) is 5.10 Å². The van der Waals surface area contributed by atoms with Crippen molar-refractivity contribution < 1.29 is 14.6 Å². The van der Waals surface area contributed by atoms with Crippen molar-refractivity contribution in [2.45, 2.75) is 0 Å². The van der Waals surface area contributed by atoms with Crippen molar-refractivity contribution in [2.24, 2.45) is 5.10 Å². The maximum Gasteiger partial charge on any atom is 0.271 e. The first-order valence-corrected chi connectivity index (χ1v) is 6.63. The SMILES string of the molecule is COc1cc(C(=O)N/N=C/C=C/c2ccccc2)ccc1O. The monoisotopic (exact) mass is 296 g/mol.